The van der Waals surface area contributed by atoms with E-state index in [1.165, 1.54) is 19.7 Å². The number of aryl methyl sites for hydroxylation is 1. The molecule has 0 radical (unpaired) electrons. The lowest BCUT2D eigenvalue weighted by atomic mass is 10.1. The fourth-order valence-electron chi connectivity index (χ4n) is 2.51. The maximum absolute atomic E-state index is 12.2. The Kier molecular flexibility index (Phi) is 6.36. The monoisotopic (exact) mass is 391 g/mol. The zero-order valence-electron chi connectivity index (χ0n) is 16.1. The van der Waals surface area contributed by atoms with Crippen molar-refractivity contribution in [3.63, 3.8) is 0 Å². The van der Waals surface area contributed by atoms with Gasteiger partial charge in [0.25, 0.3) is 0 Å². The second kappa shape index (κ2) is 9.32. The summed E-state index contributed by atoms with van der Waals surface area (Å²) < 4.78 is 5.78. The molecule has 0 aliphatic heterocycles. The molecule has 0 aliphatic carbocycles. The Labute approximate surface area is 168 Å². The first-order valence-corrected chi connectivity index (χ1v) is 8.85. The molecule has 0 fully saturated rings. The van der Waals surface area contributed by atoms with Gasteiger partial charge in [0.15, 0.2) is 0 Å². The third-order valence-corrected chi connectivity index (χ3v) is 4.00. The van der Waals surface area contributed by atoms with E-state index in [0.717, 1.165) is 16.8 Å². The molecule has 0 spiro atoms. The fourth-order valence-corrected chi connectivity index (χ4v) is 2.51. The molecular weight excluding hydrogens is 370 g/mol. The van der Waals surface area contributed by atoms with Crippen LogP contribution in [0.4, 0.5) is 11.5 Å². The van der Waals surface area contributed by atoms with Crippen LogP contribution in [0, 0.1) is 6.92 Å². The Morgan fingerprint density at radius 1 is 1.14 bits per heavy atom. The average Bonchev–Trinajstić information content (AvgIpc) is 2.71. The highest BCUT2D eigenvalue weighted by atomic mass is 16.6. The van der Waals surface area contributed by atoms with Gasteiger partial charge in [0.05, 0.1) is 12.6 Å². The summed E-state index contributed by atoms with van der Waals surface area (Å²) >= 11 is 0. The smallest absolute Gasteiger partial charge is 0.233 e. The minimum atomic E-state index is -0.0934. The number of aromatic nitrogens is 2. The van der Waals surface area contributed by atoms with Crippen molar-refractivity contribution in [1.82, 2.24) is 9.97 Å². The van der Waals surface area contributed by atoms with E-state index in [-0.39, 0.29) is 24.0 Å². The summed E-state index contributed by atoms with van der Waals surface area (Å²) in [5.74, 6) is 0.922. The topological polar surface area (TPSA) is 112 Å². The van der Waals surface area contributed by atoms with E-state index < -0.39 is 0 Å². The van der Waals surface area contributed by atoms with Crippen molar-refractivity contribution in [3.05, 3.63) is 71.5 Å². The zero-order chi connectivity index (χ0) is 20.6. The number of hydrogen-bond acceptors (Lipinski definition) is 7. The number of nitrogen functional groups attached to an aromatic ring is 1. The standard InChI is InChI=1S/C21H21N5O3/c1-14-3-7-16(8-4-14)26-19(27)11-15-5-9-17(10-6-15)29-21-18(12-25-28-2)20(22)23-13-24-21/h3-10,12-13H,11H2,1-2H3,(H,26,27)(H2,22,23,24)/b25-12+. The molecule has 1 amide bonds. The molecule has 0 bridgehead atoms. The van der Waals surface area contributed by atoms with Crippen molar-refractivity contribution in [1.29, 1.82) is 0 Å². The van der Waals surface area contributed by atoms with Crippen molar-refractivity contribution in [3.8, 4) is 11.6 Å². The van der Waals surface area contributed by atoms with Gasteiger partial charge in [0.2, 0.25) is 11.8 Å². The molecule has 0 saturated heterocycles. The van der Waals surface area contributed by atoms with Gasteiger partial charge in [-0.15, -0.1) is 0 Å². The molecule has 3 rings (SSSR count). The third kappa shape index (κ3) is 5.52. The number of hydrogen-bond donors (Lipinski definition) is 2. The fraction of sp³-hybridized carbons (Fsp3) is 0.143. The van der Waals surface area contributed by atoms with Gasteiger partial charge in [0, 0.05) is 5.69 Å². The van der Waals surface area contributed by atoms with E-state index in [1.54, 1.807) is 12.1 Å². The van der Waals surface area contributed by atoms with Gasteiger partial charge in [-0.05, 0) is 36.8 Å². The van der Waals surface area contributed by atoms with Crippen molar-refractivity contribution < 1.29 is 14.4 Å². The molecule has 0 saturated carbocycles. The van der Waals surface area contributed by atoms with E-state index >= 15 is 0 Å². The van der Waals surface area contributed by atoms with Crippen LogP contribution in [0.1, 0.15) is 16.7 Å². The molecule has 8 heteroatoms. The van der Waals surface area contributed by atoms with Crippen LogP contribution < -0.4 is 15.8 Å². The van der Waals surface area contributed by atoms with Crippen LogP contribution in [0.2, 0.25) is 0 Å². The minimum absolute atomic E-state index is 0.0934. The van der Waals surface area contributed by atoms with Crippen LogP contribution >= 0.6 is 0 Å². The molecular formula is C21H21N5O3. The van der Waals surface area contributed by atoms with Crippen LogP contribution in [0.15, 0.2) is 60.0 Å². The van der Waals surface area contributed by atoms with Gasteiger partial charge in [-0.25, -0.2) is 9.97 Å². The maximum Gasteiger partial charge on any atom is 0.233 e. The number of carbonyl (C=O) groups is 1. The first-order valence-electron chi connectivity index (χ1n) is 8.85. The highest BCUT2D eigenvalue weighted by Gasteiger charge is 2.11. The SMILES string of the molecule is CO/N=C/c1c(N)ncnc1Oc1ccc(CC(=O)Nc2ccc(C)cc2)cc1. The van der Waals surface area contributed by atoms with E-state index in [9.17, 15) is 4.79 Å². The predicted molar refractivity (Wildman–Crippen MR) is 111 cm³/mol. The number of nitrogens with one attached hydrogen (secondary N) is 1. The minimum Gasteiger partial charge on any atom is -0.438 e. The average molecular weight is 391 g/mol. The Morgan fingerprint density at radius 2 is 1.86 bits per heavy atom. The summed E-state index contributed by atoms with van der Waals surface area (Å²) in [6.45, 7) is 2.00. The first kappa shape index (κ1) is 19.8. The number of ether oxygens (including phenoxy) is 1. The molecule has 1 aromatic heterocycles. The number of carbonyl (C=O) groups excluding carboxylic acids is 1. The summed E-state index contributed by atoms with van der Waals surface area (Å²) in [5, 5.41) is 6.56. The first-order chi connectivity index (χ1) is 14.0. The van der Waals surface area contributed by atoms with Gasteiger partial charge in [-0.2, -0.15) is 0 Å². The van der Waals surface area contributed by atoms with Crippen molar-refractivity contribution >= 4 is 23.6 Å². The molecule has 0 aliphatic rings. The van der Waals surface area contributed by atoms with Gasteiger partial charge in [-0.1, -0.05) is 35.0 Å². The Balaban J connectivity index is 1.65. The van der Waals surface area contributed by atoms with Crippen LogP contribution in [0.3, 0.4) is 0 Å². The second-order valence-corrected chi connectivity index (χ2v) is 6.23. The lowest BCUT2D eigenvalue weighted by Crippen LogP contribution is -2.14. The Morgan fingerprint density at radius 3 is 2.55 bits per heavy atom. The van der Waals surface area contributed by atoms with E-state index in [0.29, 0.717) is 11.3 Å². The van der Waals surface area contributed by atoms with Crippen molar-refractivity contribution in [2.24, 2.45) is 5.16 Å². The number of oxime groups is 1. The van der Waals surface area contributed by atoms with Gasteiger partial charge in [0.1, 0.15) is 30.6 Å². The quantitative estimate of drug-likeness (QED) is 0.472. The van der Waals surface area contributed by atoms with E-state index in [4.69, 9.17) is 10.5 Å². The molecule has 29 heavy (non-hydrogen) atoms. The Bertz CT molecular complexity index is 1000. The predicted octanol–water partition coefficient (Wildman–Crippen LogP) is 3.32. The largest absolute Gasteiger partial charge is 0.438 e. The molecule has 3 N–H and O–H groups in total. The van der Waals surface area contributed by atoms with E-state index in [1.807, 2.05) is 43.3 Å². The highest BCUT2D eigenvalue weighted by molar-refractivity contribution is 5.92. The summed E-state index contributed by atoms with van der Waals surface area (Å²) in [6.07, 6.45) is 2.94. The van der Waals surface area contributed by atoms with Gasteiger partial charge >= 0.3 is 0 Å². The lowest BCUT2D eigenvalue weighted by molar-refractivity contribution is -0.115. The van der Waals surface area contributed by atoms with Gasteiger partial charge < -0.3 is 20.6 Å². The van der Waals surface area contributed by atoms with Gasteiger partial charge in [-0.3, -0.25) is 4.79 Å². The summed E-state index contributed by atoms with van der Waals surface area (Å²) in [6, 6.07) is 14.8. The normalized spacial score (nSPS) is 10.7. The number of amides is 1. The number of benzene rings is 2. The van der Waals surface area contributed by atoms with Crippen LogP contribution in [0.5, 0.6) is 11.6 Å². The summed E-state index contributed by atoms with van der Waals surface area (Å²) in [7, 11) is 1.42. The van der Waals surface area contributed by atoms with E-state index in [2.05, 4.69) is 25.3 Å². The molecule has 0 atom stereocenters. The summed E-state index contributed by atoms with van der Waals surface area (Å²) in [5.41, 5.74) is 9.02. The maximum atomic E-state index is 12.2. The molecule has 0 unspecified atom stereocenters. The second-order valence-electron chi connectivity index (χ2n) is 6.23. The summed E-state index contributed by atoms with van der Waals surface area (Å²) in [4.78, 5) is 24.9. The lowest BCUT2D eigenvalue weighted by Gasteiger charge is -2.09. The third-order valence-electron chi connectivity index (χ3n) is 4.00. The van der Waals surface area contributed by atoms with Crippen molar-refractivity contribution in [2.75, 3.05) is 18.2 Å². The van der Waals surface area contributed by atoms with Crippen LogP contribution in [0.25, 0.3) is 0 Å². The molecule has 3 aromatic rings. The molecule has 1 heterocycles. The van der Waals surface area contributed by atoms with Crippen LogP contribution in [-0.2, 0) is 16.1 Å². The van der Waals surface area contributed by atoms with Crippen LogP contribution in [-0.4, -0.2) is 29.2 Å². The highest BCUT2D eigenvalue weighted by Crippen LogP contribution is 2.25. The molecule has 2 aromatic carbocycles. The Hall–Kier alpha value is -3.94. The number of rotatable bonds is 7. The number of nitrogens with zero attached hydrogens (tertiary/aromatic N) is 3. The molecule has 148 valence electrons. The molecule has 8 nitrogen and oxygen atoms in total. The number of nitrogens with two attached hydrogens (primary N) is 1. The number of anilines is 2. The zero-order valence-corrected chi connectivity index (χ0v) is 16.1. The van der Waals surface area contributed by atoms with Crippen molar-refractivity contribution in [2.45, 2.75) is 13.3 Å².